The van der Waals surface area contributed by atoms with E-state index in [1.165, 1.54) is 30.3 Å². The Kier molecular flexibility index (Phi) is 4.06. The van der Waals surface area contributed by atoms with Crippen molar-refractivity contribution in [2.75, 3.05) is 0 Å². The number of halogens is 2. The van der Waals surface area contributed by atoms with Gasteiger partial charge in [-0.2, -0.15) is 0 Å². The average Bonchev–Trinajstić information content (AvgIpc) is 2.39. The van der Waals surface area contributed by atoms with Gasteiger partial charge in [0, 0.05) is 10.5 Å². The quantitative estimate of drug-likeness (QED) is 0.479. The summed E-state index contributed by atoms with van der Waals surface area (Å²) in [5.41, 5.74) is 0.979. The van der Waals surface area contributed by atoms with Crippen LogP contribution < -0.4 is 0 Å². The summed E-state index contributed by atoms with van der Waals surface area (Å²) in [6.45, 7) is 0. The lowest BCUT2D eigenvalue weighted by atomic mass is 10.1. The van der Waals surface area contributed by atoms with Crippen LogP contribution in [0.2, 0.25) is 0 Å². The molecule has 3 nitrogen and oxygen atoms in total. The van der Waals surface area contributed by atoms with E-state index in [4.69, 9.17) is 0 Å². The first kappa shape index (κ1) is 13.4. The van der Waals surface area contributed by atoms with Crippen molar-refractivity contribution in [1.29, 1.82) is 0 Å². The Hall–Kier alpha value is -2.01. The summed E-state index contributed by atoms with van der Waals surface area (Å²) in [7, 11) is 0. The van der Waals surface area contributed by atoms with Gasteiger partial charge in [0.2, 0.25) is 0 Å². The molecule has 0 unspecified atom stereocenters. The van der Waals surface area contributed by atoms with Crippen molar-refractivity contribution >= 4 is 27.7 Å². The van der Waals surface area contributed by atoms with Crippen LogP contribution in [0.1, 0.15) is 11.1 Å². The second-order valence-electron chi connectivity index (χ2n) is 3.82. The van der Waals surface area contributed by atoms with Crippen molar-refractivity contribution in [3.8, 4) is 0 Å². The Morgan fingerprint density at radius 2 is 1.79 bits per heavy atom. The van der Waals surface area contributed by atoms with E-state index in [2.05, 4.69) is 15.9 Å². The van der Waals surface area contributed by atoms with E-state index in [9.17, 15) is 14.5 Å². The van der Waals surface area contributed by atoms with Crippen molar-refractivity contribution < 1.29 is 9.31 Å². The van der Waals surface area contributed by atoms with Gasteiger partial charge in [0.15, 0.2) is 0 Å². The SMILES string of the molecule is O=[N+]([O-])C(=Cc1ccccc1Br)c1ccc(F)cc1. The van der Waals surface area contributed by atoms with Gasteiger partial charge in [0.1, 0.15) is 5.82 Å². The van der Waals surface area contributed by atoms with Crippen LogP contribution in [-0.2, 0) is 0 Å². The highest BCUT2D eigenvalue weighted by molar-refractivity contribution is 9.10. The van der Waals surface area contributed by atoms with E-state index < -0.39 is 10.7 Å². The lowest BCUT2D eigenvalue weighted by molar-refractivity contribution is -0.374. The maximum Gasteiger partial charge on any atom is 0.277 e. The smallest absolute Gasteiger partial charge is 0.258 e. The standard InChI is InChI=1S/C14H9BrFNO2/c15-13-4-2-1-3-11(13)9-14(17(18)19)10-5-7-12(16)8-6-10/h1-9H. The fraction of sp³-hybridized carbons (Fsp3) is 0. The first-order valence-electron chi connectivity index (χ1n) is 5.44. The molecule has 0 bridgehead atoms. The summed E-state index contributed by atoms with van der Waals surface area (Å²) in [5, 5.41) is 11.1. The molecular formula is C14H9BrFNO2. The van der Waals surface area contributed by atoms with Crippen molar-refractivity contribution in [2.24, 2.45) is 0 Å². The van der Waals surface area contributed by atoms with E-state index in [0.717, 1.165) is 4.47 Å². The van der Waals surface area contributed by atoms with Gasteiger partial charge in [0.25, 0.3) is 5.70 Å². The van der Waals surface area contributed by atoms with Gasteiger partial charge < -0.3 is 0 Å². The van der Waals surface area contributed by atoms with E-state index in [1.807, 2.05) is 6.07 Å². The van der Waals surface area contributed by atoms with Gasteiger partial charge in [-0.3, -0.25) is 10.1 Å². The zero-order valence-corrected chi connectivity index (χ0v) is 11.3. The summed E-state index contributed by atoms with van der Waals surface area (Å²) in [6, 6.07) is 12.4. The number of nitrogens with zero attached hydrogens (tertiary/aromatic N) is 1. The van der Waals surface area contributed by atoms with Gasteiger partial charge in [0.05, 0.1) is 10.5 Å². The Labute approximate surface area is 117 Å². The number of hydrogen-bond donors (Lipinski definition) is 0. The maximum absolute atomic E-state index is 12.8. The molecule has 0 spiro atoms. The molecule has 2 aromatic rings. The molecule has 0 fully saturated rings. The molecule has 5 heteroatoms. The van der Waals surface area contributed by atoms with Crippen LogP contribution >= 0.6 is 15.9 Å². The Bertz CT molecular complexity index is 638. The van der Waals surface area contributed by atoms with Gasteiger partial charge in [-0.05, 0) is 35.9 Å². The minimum atomic E-state index is -0.479. The van der Waals surface area contributed by atoms with Crippen LogP contribution in [0.3, 0.4) is 0 Å². The highest BCUT2D eigenvalue weighted by atomic mass is 79.9. The molecule has 0 aliphatic carbocycles. The summed E-state index contributed by atoms with van der Waals surface area (Å²) in [6.07, 6.45) is 1.46. The minimum absolute atomic E-state index is 0.0769. The van der Waals surface area contributed by atoms with Crippen molar-refractivity contribution in [3.05, 3.63) is 80.1 Å². The van der Waals surface area contributed by atoms with Gasteiger partial charge in [-0.25, -0.2) is 4.39 Å². The largest absolute Gasteiger partial charge is 0.277 e. The third-order valence-corrected chi connectivity index (χ3v) is 3.26. The zero-order valence-electron chi connectivity index (χ0n) is 9.72. The predicted octanol–water partition coefficient (Wildman–Crippen LogP) is 4.36. The molecule has 2 rings (SSSR count). The zero-order chi connectivity index (χ0) is 13.8. The molecule has 2 aromatic carbocycles. The van der Waals surface area contributed by atoms with Gasteiger partial charge in [-0.15, -0.1) is 0 Å². The van der Waals surface area contributed by atoms with E-state index >= 15 is 0 Å². The summed E-state index contributed by atoms with van der Waals surface area (Å²) < 4.78 is 13.6. The molecule has 0 amide bonds. The second-order valence-corrected chi connectivity index (χ2v) is 4.67. The highest BCUT2D eigenvalue weighted by Crippen LogP contribution is 2.23. The average molecular weight is 322 g/mol. The first-order valence-corrected chi connectivity index (χ1v) is 6.24. The van der Waals surface area contributed by atoms with Crippen LogP contribution in [0.15, 0.2) is 53.0 Å². The summed E-state index contributed by atoms with van der Waals surface area (Å²) in [5.74, 6) is -0.424. The molecule has 0 heterocycles. The molecular weight excluding hydrogens is 313 g/mol. The molecule has 0 N–H and O–H groups in total. The van der Waals surface area contributed by atoms with Crippen LogP contribution in [0.5, 0.6) is 0 Å². The first-order chi connectivity index (χ1) is 9.08. The predicted molar refractivity (Wildman–Crippen MR) is 75.4 cm³/mol. The van der Waals surface area contributed by atoms with Crippen molar-refractivity contribution in [2.45, 2.75) is 0 Å². The van der Waals surface area contributed by atoms with E-state index in [-0.39, 0.29) is 5.70 Å². The number of benzene rings is 2. The molecule has 19 heavy (non-hydrogen) atoms. The highest BCUT2D eigenvalue weighted by Gasteiger charge is 2.14. The molecule has 0 aromatic heterocycles. The van der Waals surface area contributed by atoms with Crippen LogP contribution in [0.25, 0.3) is 11.8 Å². The number of rotatable bonds is 3. The summed E-state index contributed by atoms with van der Waals surface area (Å²) >= 11 is 3.33. The number of nitro groups is 1. The monoisotopic (exact) mass is 321 g/mol. The van der Waals surface area contributed by atoms with E-state index in [1.54, 1.807) is 18.2 Å². The van der Waals surface area contributed by atoms with Crippen molar-refractivity contribution in [3.63, 3.8) is 0 Å². The molecule has 96 valence electrons. The topological polar surface area (TPSA) is 43.1 Å². The van der Waals surface area contributed by atoms with Gasteiger partial charge in [-0.1, -0.05) is 34.1 Å². The molecule has 0 radical (unpaired) electrons. The normalized spacial score (nSPS) is 11.4. The van der Waals surface area contributed by atoms with Gasteiger partial charge >= 0.3 is 0 Å². The second kappa shape index (κ2) is 5.75. The fourth-order valence-electron chi connectivity index (χ4n) is 1.60. The van der Waals surface area contributed by atoms with E-state index in [0.29, 0.717) is 11.1 Å². The van der Waals surface area contributed by atoms with Crippen molar-refractivity contribution in [1.82, 2.24) is 0 Å². The molecule has 0 atom stereocenters. The van der Waals surface area contributed by atoms with Crippen LogP contribution in [0.4, 0.5) is 4.39 Å². The summed E-state index contributed by atoms with van der Waals surface area (Å²) in [4.78, 5) is 10.6. The Balaban J connectivity index is 2.50. The Morgan fingerprint density at radius 1 is 1.16 bits per heavy atom. The Morgan fingerprint density at radius 3 is 2.37 bits per heavy atom. The van der Waals surface area contributed by atoms with Crippen LogP contribution in [-0.4, -0.2) is 4.92 Å². The molecule has 0 saturated heterocycles. The fourth-order valence-corrected chi connectivity index (χ4v) is 2.00. The molecule has 0 aliphatic rings. The number of hydrogen-bond acceptors (Lipinski definition) is 2. The third-order valence-electron chi connectivity index (χ3n) is 2.53. The third kappa shape index (κ3) is 3.26. The molecule has 0 aliphatic heterocycles. The minimum Gasteiger partial charge on any atom is -0.258 e. The van der Waals surface area contributed by atoms with Crippen LogP contribution in [0, 0.1) is 15.9 Å². The molecule has 0 saturated carbocycles. The lowest BCUT2D eigenvalue weighted by Gasteiger charge is -2.01. The maximum atomic E-state index is 12.8. The lowest BCUT2D eigenvalue weighted by Crippen LogP contribution is -1.98.